The number of para-hydroxylation sites is 1. The summed E-state index contributed by atoms with van der Waals surface area (Å²) < 4.78 is 0.783. The van der Waals surface area contributed by atoms with Crippen LogP contribution in [0, 0.1) is 6.92 Å². The van der Waals surface area contributed by atoms with E-state index in [9.17, 15) is 9.59 Å². The van der Waals surface area contributed by atoms with E-state index in [-0.39, 0.29) is 18.0 Å². The van der Waals surface area contributed by atoms with Crippen LogP contribution in [0.1, 0.15) is 12.0 Å². The van der Waals surface area contributed by atoms with Gasteiger partial charge in [-0.05, 0) is 52.7 Å². The van der Waals surface area contributed by atoms with E-state index < -0.39 is 11.9 Å². The first-order valence-corrected chi connectivity index (χ1v) is 8.53. The van der Waals surface area contributed by atoms with Gasteiger partial charge in [-0.25, -0.2) is 0 Å². The van der Waals surface area contributed by atoms with Gasteiger partial charge < -0.3 is 11.1 Å². The molecular formula is C18H17BrN4O2. The Morgan fingerprint density at radius 3 is 2.60 bits per heavy atom. The SMILES string of the molecule is Cc1ccc(NC(=O)C2=NN(c3ccccc3)[C@H](C(N)=O)C2)c(Br)c1. The summed E-state index contributed by atoms with van der Waals surface area (Å²) in [6.07, 6.45) is 0.166. The molecule has 7 heteroatoms. The number of nitrogens with zero attached hydrogens (tertiary/aromatic N) is 2. The van der Waals surface area contributed by atoms with E-state index in [0.29, 0.717) is 11.4 Å². The first kappa shape index (κ1) is 17.2. The Hall–Kier alpha value is -2.67. The first-order chi connectivity index (χ1) is 12.0. The van der Waals surface area contributed by atoms with Gasteiger partial charge >= 0.3 is 0 Å². The van der Waals surface area contributed by atoms with E-state index in [1.54, 1.807) is 0 Å². The average molecular weight is 401 g/mol. The van der Waals surface area contributed by atoms with Crippen molar-refractivity contribution in [1.29, 1.82) is 0 Å². The highest BCUT2D eigenvalue weighted by molar-refractivity contribution is 9.10. The number of hydrogen-bond acceptors (Lipinski definition) is 4. The number of anilines is 2. The molecule has 2 amide bonds. The molecule has 25 heavy (non-hydrogen) atoms. The maximum Gasteiger partial charge on any atom is 0.271 e. The van der Waals surface area contributed by atoms with E-state index in [2.05, 4.69) is 26.3 Å². The number of halogens is 1. The summed E-state index contributed by atoms with van der Waals surface area (Å²) in [5, 5.41) is 8.64. The van der Waals surface area contributed by atoms with Crippen LogP contribution in [0.4, 0.5) is 11.4 Å². The topological polar surface area (TPSA) is 87.8 Å². The highest BCUT2D eigenvalue weighted by Gasteiger charge is 2.35. The van der Waals surface area contributed by atoms with Crippen LogP contribution >= 0.6 is 15.9 Å². The van der Waals surface area contributed by atoms with Crippen LogP contribution in [0.25, 0.3) is 0 Å². The second-order valence-corrected chi connectivity index (χ2v) is 6.64. The molecule has 2 aromatic carbocycles. The predicted molar refractivity (Wildman–Crippen MR) is 101 cm³/mol. The lowest BCUT2D eigenvalue weighted by molar-refractivity contribution is -0.119. The zero-order chi connectivity index (χ0) is 18.0. The minimum absolute atomic E-state index is 0.166. The molecule has 6 nitrogen and oxygen atoms in total. The van der Waals surface area contributed by atoms with E-state index in [1.165, 1.54) is 5.01 Å². The Morgan fingerprint density at radius 1 is 1.24 bits per heavy atom. The predicted octanol–water partition coefficient (Wildman–Crippen LogP) is 2.82. The van der Waals surface area contributed by atoms with Crippen molar-refractivity contribution in [2.45, 2.75) is 19.4 Å². The Morgan fingerprint density at radius 2 is 1.96 bits per heavy atom. The van der Waals surface area contributed by atoms with Gasteiger partial charge in [-0.3, -0.25) is 14.6 Å². The molecule has 0 spiro atoms. The number of amides is 2. The lowest BCUT2D eigenvalue weighted by atomic mass is 10.1. The highest BCUT2D eigenvalue weighted by Crippen LogP contribution is 2.26. The number of aryl methyl sites for hydroxylation is 1. The van der Waals surface area contributed by atoms with E-state index in [4.69, 9.17) is 5.73 Å². The van der Waals surface area contributed by atoms with Gasteiger partial charge in [0.2, 0.25) is 5.91 Å². The first-order valence-electron chi connectivity index (χ1n) is 7.74. The van der Waals surface area contributed by atoms with Crippen LogP contribution in [0.3, 0.4) is 0 Å². The van der Waals surface area contributed by atoms with Crippen molar-refractivity contribution in [3.05, 3.63) is 58.6 Å². The van der Waals surface area contributed by atoms with Crippen molar-refractivity contribution < 1.29 is 9.59 Å². The lowest BCUT2D eigenvalue weighted by Crippen LogP contribution is -2.39. The molecule has 0 radical (unpaired) electrons. The maximum absolute atomic E-state index is 12.6. The molecule has 0 saturated carbocycles. The van der Waals surface area contributed by atoms with Crippen molar-refractivity contribution in [1.82, 2.24) is 0 Å². The van der Waals surface area contributed by atoms with Crippen LogP contribution < -0.4 is 16.1 Å². The molecule has 1 atom stereocenters. The fourth-order valence-corrected chi connectivity index (χ4v) is 3.20. The third-order valence-electron chi connectivity index (χ3n) is 3.89. The fraction of sp³-hybridized carbons (Fsp3) is 0.167. The number of rotatable bonds is 4. The molecular weight excluding hydrogens is 384 g/mol. The summed E-state index contributed by atoms with van der Waals surface area (Å²) in [6, 6.07) is 14.1. The number of hydrazone groups is 1. The van der Waals surface area contributed by atoms with Crippen molar-refractivity contribution in [3.63, 3.8) is 0 Å². The quantitative estimate of drug-likeness (QED) is 0.826. The molecule has 3 N–H and O–H groups in total. The minimum atomic E-state index is -0.676. The molecule has 128 valence electrons. The average Bonchev–Trinajstić information content (AvgIpc) is 3.04. The molecule has 1 heterocycles. The molecule has 0 bridgehead atoms. The summed E-state index contributed by atoms with van der Waals surface area (Å²) in [5.74, 6) is -0.874. The summed E-state index contributed by atoms with van der Waals surface area (Å²) in [6.45, 7) is 1.96. The van der Waals surface area contributed by atoms with Crippen LogP contribution in [-0.4, -0.2) is 23.6 Å². The molecule has 0 fully saturated rings. The molecule has 2 aromatic rings. The number of nitrogens with one attached hydrogen (secondary N) is 1. The summed E-state index contributed by atoms with van der Waals surface area (Å²) >= 11 is 3.43. The van der Waals surface area contributed by atoms with Gasteiger partial charge in [0, 0.05) is 10.9 Å². The molecule has 0 aromatic heterocycles. The molecule has 3 rings (SSSR count). The van der Waals surface area contributed by atoms with Gasteiger partial charge in [0.25, 0.3) is 5.91 Å². The molecule has 0 saturated heterocycles. The summed E-state index contributed by atoms with van der Waals surface area (Å²) in [7, 11) is 0. The Bertz CT molecular complexity index is 851. The maximum atomic E-state index is 12.6. The zero-order valence-corrected chi connectivity index (χ0v) is 15.2. The van der Waals surface area contributed by atoms with Crippen molar-refractivity contribution in [2.24, 2.45) is 10.8 Å². The standard InChI is InChI=1S/C18H17BrN4O2/c1-11-7-8-14(13(19)9-11)21-18(25)15-10-16(17(20)24)23(22-15)12-5-3-2-4-6-12/h2-9,16H,10H2,1H3,(H2,20,24)(H,21,25)/t16-/m0/s1. The van der Waals surface area contributed by atoms with E-state index in [0.717, 1.165) is 10.0 Å². The van der Waals surface area contributed by atoms with Gasteiger partial charge in [0.15, 0.2) is 0 Å². The van der Waals surface area contributed by atoms with Gasteiger partial charge in [-0.15, -0.1) is 0 Å². The van der Waals surface area contributed by atoms with Gasteiger partial charge in [-0.1, -0.05) is 24.3 Å². The van der Waals surface area contributed by atoms with Crippen molar-refractivity contribution in [2.75, 3.05) is 10.3 Å². The Balaban J connectivity index is 1.84. The van der Waals surface area contributed by atoms with Crippen LogP contribution in [0.5, 0.6) is 0 Å². The Labute approximate surface area is 153 Å². The van der Waals surface area contributed by atoms with Gasteiger partial charge in [-0.2, -0.15) is 5.10 Å². The second-order valence-electron chi connectivity index (χ2n) is 5.79. The molecule has 0 unspecified atom stereocenters. The second kappa shape index (κ2) is 7.06. The monoisotopic (exact) mass is 400 g/mol. The highest BCUT2D eigenvalue weighted by atomic mass is 79.9. The number of primary amides is 1. The van der Waals surface area contributed by atoms with Crippen LogP contribution in [0.15, 0.2) is 58.1 Å². The molecule has 0 aliphatic carbocycles. The summed E-state index contributed by atoms with van der Waals surface area (Å²) in [5.41, 5.74) is 8.19. The van der Waals surface area contributed by atoms with Crippen molar-refractivity contribution in [3.8, 4) is 0 Å². The van der Waals surface area contributed by atoms with Crippen molar-refractivity contribution >= 4 is 44.8 Å². The largest absolute Gasteiger partial charge is 0.368 e. The number of hydrogen-bond donors (Lipinski definition) is 2. The van der Waals surface area contributed by atoms with E-state index in [1.807, 2.05) is 55.5 Å². The summed E-state index contributed by atoms with van der Waals surface area (Å²) in [4.78, 5) is 24.3. The third-order valence-corrected chi connectivity index (χ3v) is 4.55. The zero-order valence-electron chi connectivity index (χ0n) is 13.6. The van der Waals surface area contributed by atoms with Gasteiger partial charge in [0.05, 0.1) is 11.4 Å². The number of carbonyl (C=O) groups excluding carboxylic acids is 2. The Kier molecular flexibility index (Phi) is 4.85. The normalized spacial score (nSPS) is 16.5. The number of carbonyl (C=O) groups is 2. The van der Waals surface area contributed by atoms with Crippen LogP contribution in [0.2, 0.25) is 0 Å². The third kappa shape index (κ3) is 3.71. The van der Waals surface area contributed by atoms with Gasteiger partial charge in [0.1, 0.15) is 11.8 Å². The number of benzene rings is 2. The number of nitrogens with two attached hydrogens (primary N) is 1. The lowest BCUT2D eigenvalue weighted by Gasteiger charge is -2.20. The molecule has 1 aliphatic rings. The van der Waals surface area contributed by atoms with E-state index >= 15 is 0 Å². The van der Waals surface area contributed by atoms with Crippen LogP contribution in [-0.2, 0) is 9.59 Å². The smallest absolute Gasteiger partial charge is 0.271 e. The molecule has 1 aliphatic heterocycles. The minimum Gasteiger partial charge on any atom is -0.368 e. The fourth-order valence-electron chi connectivity index (χ4n) is 2.60.